The molecule has 2 aromatic rings. The molecule has 0 aliphatic rings. The van der Waals surface area contributed by atoms with Crippen LogP contribution in [0.15, 0.2) is 24.4 Å². The molecule has 2 amide bonds. The van der Waals surface area contributed by atoms with Gasteiger partial charge in [0, 0.05) is 20.3 Å². The van der Waals surface area contributed by atoms with Gasteiger partial charge in [-0.2, -0.15) is 0 Å². The van der Waals surface area contributed by atoms with Gasteiger partial charge in [0.05, 0.1) is 29.4 Å². The minimum Gasteiger partial charge on any atom is -0.479 e. The van der Waals surface area contributed by atoms with Gasteiger partial charge in [0.15, 0.2) is 0 Å². The van der Waals surface area contributed by atoms with Crippen molar-refractivity contribution in [2.75, 3.05) is 26.0 Å². The molecular formula is C15H16Cl2N4O3. The molecule has 0 saturated carbocycles. The van der Waals surface area contributed by atoms with E-state index in [1.807, 2.05) is 0 Å². The average molecular weight is 371 g/mol. The molecule has 0 unspecified atom stereocenters. The van der Waals surface area contributed by atoms with E-state index in [0.717, 1.165) is 0 Å². The standard InChI is InChI=1S/C15H16Cl2N4O3/c1-20(15(23)9-7-21(2)19-14(9)24-3)8-12(22)18-11-6-4-5-10(16)13(11)17/h4-7H,8H2,1-3H3,(H,18,22). The molecule has 0 spiro atoms. The number of halogens is 2. The Kier molecular flexibility index (Phi) is 5.69. The van der Waals surface area contributed by atoms with Crippen molar-refractivity contribution in [2.24, 2.45) is 7.05 Å². The first-order chi connectivity index (χ1) is 11.3. The number of amides is 2. The second-order valence-corrected chi connectivity index (χ2v) is 5.82. The van der Waals surface area contributed by atoms with Gasteiger partial charge in [-0.15, -0.1) is 5.10 Å². The minimum absolute atomic E-state index is 0.167. The third-order valence-electron chi connectivity index (χ3n) is 3.17. The van der Waals surface area contributed by atoms with E-state index in [1.165, 1.54) is 29.9 Å². The second-order valence-electron chi connectivity index (χ2n) is 5.04. The molecule has 0 saturated heterocycles. The van der Waals surface area contributed by atoms with E-state index in [-0.39, 0.29) is 28.9 Å². The third-order valence-corrected chi connectivity index (χ3v) is 3.99. The van der Waals surface area contributed by atoms with Crippen LogP contribution in [-0.4, -0.2) is 47.2 Å². The van der Waals surface area contributed by atoms with Crippen LogP contribution in [0.25, 0.3) is 0 Å². The van der Waals surface area contributed by atoms with Crippen molar-refractivity contribution in [2.45, 2.75) is 0 Å². The number of carbonyl (C=O) groups is 2. The summed E-state index contributed by atoms with van der Waals surface area (Å²) in [6, 6.07) is 4.90. The molecule has 0 bridgehead atoms. The first-order valence-electron chi connectivity index (χ1n) is 6.90. The Morgan fingerprint density at radius 1 is 1.38 bits per heavy atom. The minimum atomic E-state index is -0.405. The van der Waals surface area contributed by atoms with E-state index in [1.54, 1.807) is 25.2 Å². The fourth-order valence-corrected chi connectivity index (χ4v) is 2.40. The van der Waals surface area contributed by atoms with Crippen LogP contribution in [0.3, 0.4) is 0 Å². The number of nitrogens with zero attached hydrogens (tertiary/aromatic N) is 3. The molecule has 1 heterocycles. The Labute approximate surface area is 149 Å². The van der Waals surface area contributed by atoms with Crippen molar-refractivity contribution in [3.8, 4) is 5.88 Å². The van der Waals surface area contributed by atoms with Crippen LogP contribution >= 0.6 is 23.2 Å². The van der Waals surface area contributed by atoms with E-state index in [2.05, 4.69) is 10.4 Å². The lowest BCUT2D eigenvalue weighted by Crippen LogP contribution is -2.35. The van der Waals surface area contributed by atoms with Crippen molar-refractivity contribution in [1.29, 1.82) is 0 Å². The average Bonchev–Trinajstić information content (AvgIpc) is 2.92. The number of nitrogens with one attached hydrogen (secondary N) is 1. The molecule has 24 heavy (non-hydrogen) atoms. The molecule has 0 atom stereocenters. The van der Waals surface area contributed by atoms with Crippen LogP contribution in [0.5, 0.6) is 5.88 Å². The van der Waals surface area contributed by atoms with Gasteiger partial charge >= 0.3 is 0 Å². The summed E-state index contributed by atoms with van der Waals surface area (Å²) in [7, 11) is 4.61. The lowest BCUT2D eigenvalue weighted by molar-refractivity contribution is -0.116. The lowest BCUT2D eigenvalue weighted by Gasteiger charge is -2.17. The molecule has 2 rings (SSSR count). The SMILES string of the molecule is COc1nn(C)cc1C(=O)N(C)CC(=O)Nc1cccc(Cl)c1Cl. The maximum absolute atomic E-state index is 12.4. The second kappa shape index (κ2) is 7.55. The highest BCUT2D eigenvalue weighted by atomic mass is 35.5. The zero-order valence-corrected chi connectivity index (χ0v) is 14.9. The number of ether oxygens (including phenoxy) is 1. The number of hydrogen-bond donors (Lipinski definition) is 1. The molecule has 1 aromatic heterocycles. The number of anilines is 1. The Hall–Kier alpha value is -2.25. The Morgan fingerprint density at radius 2 is 2.08 bits per heavy atom. The molecule has 1 aromatic carbocycles. The summed E-state index contributed by atoms with van der Waals surface area (Å²) in [5, 5.41) is 7.21. The monoisotopic (exact) mass is 370 g/mol. The Morgan fingerprint density at radius 3 is 2.75 bits per heavy atom. The van der Waals surface area contributed by atoms with Gasteiger partial charge in [-0.25, -0.2) is 0 Å². The summed E-state index contributed by atoms with van der Waals surface area (Å²) in [5.74, 6) is -0.585. The molecule has 9 heteroatoms. The molecule has 0 radical (unpaired) electrons. The lowest BCUT2D eigenvalue weighted by atomic mass is 10.3. The van der Waals surface area contributed by atoms with E-state index in [4.69, 9.17) is 27.9 Å². The van der Waals surface area contributed by atoms with Gasteiger partial charge in [0.25, 0.3) is 5.91 Å². The number of rotatable bonds is 5. The van der Waals surface area contributed by atoms with Crippen molar-refractivity contribution in [3.05, 3.63) is 40.0 Å². The predicted octanol–water partition coefficient (Wildman–Crippen LogP) is 2.45. The number of carbonyl (C=O) groups excluding carboxylic acids is 2. The van der Waals surface area contributed by atoms with Crippen molar-refractivity contribution in [1.82, 2.24) is 14.7 Å². The summed E-state index contributed by atoms with van der Waals surface area (Å²) in [4.78, 5) is 25.8. The first-order valence-corrected chi connectivity index (χ1v) is 7.66. The zero-order chi connectivity index (χ0) is 17.9. The molecule has 1 N–H and O–H groups in total. The molecule has 7 nitrogen and oxygen atoms in total. The summed E-state index contributed by atoms with van der Waals surface area (Å²) in [6.07, 6.45) is 1.53. The zero-order valence-electron chi connectivity index (χ0n) is 13.3. The highest BCUT2D eigenvalue weighted by Gasteiger charge is 2.22. The van der Waals surface area contributed by atoms with Crippen LogP contribution in [0.2, 0.25) is 10.0 Å². The van der Waals surface area contributed by atoms with Crippen LogP contribution in [-0.2, 0) is 11.8 Å². The van der Waals surface area contributed by atoms with Crippen LogP contribution in [0.4, 0.5) is 5.69 Å². The van der Waals surface area contributed by atoms with Gasteiger partial charge < -0.3 is 15.0 Å². The molecule has 0 aliphatic heterocycles. The van der Waals surface area contributed by atoms with Crippen LogP contribution < -0.4 is 10.1 Å². The topological polar surface area (TPSA) is 76.5 Å². The fraction of sp³-hybridized carbons (Fsp3) is 0.267. The number of likely N-dealkylation sites (N-methyl/N-ethyl adjacent to an activating group) is 1. The summed E-state index contributed by atoms with van der Waals surface area (Å²) in [5.41, 5.74) is 0.657. The quantitative estimate of drug-likeness (QED) is 0.876. The Bertz CT molecular complexity index is 776. The predicted molar refractivity (Wildman–Crippen MR) is 91.8 cm³/mol. The maximum atomic E-state index is 12.4. The van der Waals surface area contributed by atoms with E-state index >= 15 is 0 Å². The summed E-state index contributed by atoms with van der Waals surface area (Å²) < 4.78 is 6.52. The molecular weight excluding hydrogens is 355 g/mol. The summed E-state index contributed by atoms with van der Waals surface area (Å²) >= 11 is 11.9. The van der Waals surface area contributed by atoms with Crippen molar-refractivity contribution in [3.63, 3.8) is 0 Å². The first kappa shape index (κ1) is 18.1. The normalized spacial score (nSPS) is 10.4. The molecule has 0 fully saturated rings. The highest BCUT2D eigenvalue weighted by molar-refractivity contribution is 6.44. The van der Waals surface area contributed by atoms with Crippen LogP contribution in [0.1, 0.15) is 10.4 Å². The number of methoxy groups -OCH3 is 1. The van der Waals surface area contributed by atoms with E-state index < -0.39 is 5.91 Å². The van der Waals surface area contributed by atoms with E-state index in [0.29, 0.717) is 10.7 Å². The summed E-state index contributed by atoms with van der Waals surface area (Å²) in [6.45, 7) is -0.167. The van der Waals surface area contributed by atoms with Crippen molar-refractivity contribution < 1.29 is 14.3 Å². The third kappa shape index (κ3) is 3.98. The van der Waals surface area contributed by atoms with Gasteiger partial charge in [-0.1, -0.05) is 29.3 Å². The van der Waals surface area contributed by atoms with Gasteiger partial charge in [0.1, 0.15) is 5.56 Å². The fourth-order valence-electron chi connectivity index (χ4n) is 2.05. The Balaban J connectivity index is 2.05. The highest BCUT2D eigenvalue weighted by Crippen LogP contribution is 2.29. The smallest absolute Gasteiger partial charge is 0.261 e. The van der Waals surface area contributed by atoms with Gasteiger partial charge in [0.2, 0.25) is 11.8 Å². The van der Waals surface area contributed by atoms with Gasteiger partial charge in [-0.3, -0.25) is 14.3 Å². The number of benzene rings is 1. The van der Waals surface area contributed by atoms with Crippen molar-refractivity contribution >= 4 is 40.7 Å². The number of aryl methyl sites for hydroxylation is 1. The molecule has 0 aliphatic carbocycles. The maximum Gasteiger partial charge on any atom is 0.261 e. The largest absolute Gasteiger partial charge is 0.479 e. The van der Waals surface area contributed by atoms with Gasteiger partial charge in [-0.05, 0) is 12.1 Å². The van der Waals surface area contributed by atoms with Crippen LogP contribution in [0, 0.1) is 0 Å². The number of hydrogen-bond acceptors (Lipinski definition) is 4. The number of aromatic nitrogens is 2. The van der Waals surface area contributed by atoms with E-state index in [9.17, 15) is 9.59 Å². The molecule has 128 valence electrons.